The third-order valence-corrected chi connectivity index (χ3v) is 8.31. The molecule has 2 aromatic rings. The molecule has 7 nitrogen and oxygen atoms in total. The number of hydrogen-bond acceptors (Lipinski definition) is 6. The molecule has 1 aromatic heterocycles. The summed E-state index contributed by atoms with van der Waals surface area (Å²) >= 11 is 3.90. The predicted octanol–water partition coefficient (Wildman–Crippen LogP) is 5.49. The number of hydrogen-bond donors (Lipinski definition) is 0. The molecule has 2 atom stereocenters. The molecule has 1 fully saturated rings. The summed E-state index contributed by atoms with van der Waals surface area (Å²) in [6.45, 7) is 7.52. The third-order valence-electron chi connectivity index (χ3n) is 7.38. The normalized spacial score (nSPS) is 21.6. The van der Waals surface area contributed by atoms with Crippen molar-refractivity contribution in [3.63, 3.8) is 0 Å². The Morgan fingerprint density at radius 1 is 1.30 bits per heavy atom. The van der Waals surface area contributed by atoms with Gasteiger partial charge < -0.3 is 19.2 Å². The fourth-order valence-electron chi connectivity index (χ4n) is 5.51. The number of benzene rings is 1. The average Bonchev–Trinajstić information content (AvgIpc) is 3.50. The van der Waals surface area contributed by atoms with Crippen molar-refractivity contribution in [2.45, 2.75) is 58.0 Å². The molecule has 2 unspecified atom stereocenters. The lowest BCUT2D eigenvalue weighted by Crippen LogP contribution is -2.48. The number of nitrogens with zero attached hydrogens (tertiary/aromatic N) is 2. The number of allylic oxidation sites excluding steroid dienone is 3. The van der Waals surface area contributed by atoms with Crippen molar-refractivity contribution in [1.82, 2.24) is 4.68 Å². The van der Waals surface area contributed by atoms with E-state index in [1.165, 1.54) is 6.07 Å². The molecule has 37 heavy (non-hydrogen) atoms. The average molecular weight is 569 g/mol. The quantitative estimate of drug-likeness (QED) is 0.411. The largest absolute Gasteiger partial charge is 0.489 e. The zero-order chi connectivity index (χ0) is 26.2. The van der Waals surface area contributed by atoms with E-state index in [-0.39, 0.29) is 29.2 Å². The van der Waals surface area contributed by atoms with E-state index >= 15 is 0 Å². The van der Waals surface area contributed by atoms with E-state index in [1.807, 2.05) is 4.68 Å². The van der Waals surface area contributed by atoms with Crippen LogP contribution in [-0.4, -0.2) is 36.0 Å². The van der Waals surface area contributed by atoms with Crippen LogP contribution in [0.1, 0.15) is 67.6 Å². The zero-order valence-electron chi connectivity index (χ0n) is 21.5. The van der Waals surface area contributed by atoms with Crippen molar-refractivity contribution in [1.29, 1.82) is 0 Å². The maximum absolute atomic E-state index is 12.5. The van der Waals surface area contributed by atoms with Crippen molar-refractivity contribution in [3.8, 4) is 11.5 Å². The van der Waals surface area contributed by atoms with Crippen LogP contribution in [0.4, 0.5) is 0 Å². The molecular weight excluding hydrogens is 536 g/mol. The van der Waals surface area contributed by atoms with Gasteiger partial charge in [0.25, 0.3) is 0 Å². The maximum Gasteiger partial charge on any atom is 0.343 e. The van der Waals surface area contributed by atoms with Crippen molar-refractivity contribution in [3.05, 3.63) is 80.2 Å². The fraction of sp³-hybridized carbons (Fsp3) is 0.448. The summed E-state index contributed by atoms with van der Waals surface area (Å²) in [5, 5.41) is 2.25. The SMILES string of the molecule is CCOC(=O)c1cn(N2C(c3cc(OCC4C=CC=CC4)c4c(c3Br)CCO4)CCC2(C)C)ccc1=O. The first kappa shape index (κ1) is 25.6. The molecule has 196 valence electrons. The molecule has 1 aliphatic carbocycles. The third kappa shape index (κ3) is 4.96. The Labute approximate surface area is 225 Å². The van der Waals surface area contributed by atoms with Gasteiger partial charge in [0.05, 0.1) is 31.4 Å². The van der Waals surface area contributed by atoms with E-state index in [2.05, 4.69) is 65.2 Å². The number of pyridine rings is 1. The summed E-state index contributed by atoms with van der Waals surface area (Å²) in [4.78, 5) is 24.9. The highest BCUT2D eigenvalue weighted by atomic mass is 79.9. The second-order valence-corrected chi connectivity index (χ2v) is 11.1. The summed E-state index contributed by atoms with van der Waals surface area (Å²) < 4.78 is 20.4. The molecule has 8 heteroatoms. The van der Waals surface area contributed by atoms with Gasteiger partial charge in [-0.3, -0.25) is 9.47 Å². The van der Waals surface area contributed by atoms with E-state index in [4.69, 9.17) is 14.2 Å². The highest BCUT2D eigenvalue weighted by Gasteiger charge is 2.42. The van der Waals surface area contributed by atoms with Crippen LogP contribution in [0.2, 0.25) is 0 Å². The lowest BCUT2D eigenvalue weighted by molar-refractivity contribution is 0.0523. The van der Waals surface area contributed by atoms with Gasteiger partial charge >= 0.3 is 5.97 Å². The number of rotatable bonds is 7. The van der Waals surface area contributed by atoms with E-state index in [0.717, 1.165) is 52.8 Å². The molecule has 0 saturated carbocycles. The summed E-state index contributed by atoms with van der Waals surface area (Å²) in [6.07, 6.45) is 15.4. The predicted molar refractivity (Wildman–Crippen MR) is 146 cm³/mol. The fourth-order valence-corrected chi connectivity index (χ4v) is 6.27. The Kier molecular flexibility index (Phi) is 7.21. The Bertz CT molecular complexity index is 1310. The molecule has 5 rings (SSSR count). The Morgan fingerprint density at radius 2 is 2.14 bits per heavy atom. The van der Waals surface area contributed by atoms with Gasteiger partial charge in [-0.2, -0.15) is 0 Å². The van der Waals surface area contributed by atoms with Crippen LogP contribution in [0, 0.1) is 5.92 Å². The molecule has 0 N–H and O–H groups in total. The maximum atomic E-state index is 12.5. The lowest BCUT2D eigenvalue weighted by atomic mass is 9.99. The molecule has 2 aliphatic heterocycles. The number of halogens is 1. The molecule has 3 aliphatic rings. The summed E-state index contributed by atoms with van der Waals surface area (Å²) in [6, 6.07) is 3.53. The molecule has 3 heterocycles. The Morgan fingerprint density at radius 3 is 2.89 bits per heavy atom. The van der Waals surface area contributed by atoms with Crippen molar-refractivity contribution in [2.75, 3.05) is 24.8 Å². The minimum atomic E-state index is -0.603. The van der Waals surface area contributed by atoms with Crippen LogP contribution in [0.3, 0.4) is 0 Å². The van der Waals surface area contributed by atoms with Gasteiger partial charge in [-0.05, 0) is 51.7 Å². The van der Waals surface area contributed by atoms with Crippen LogP contribution in [-0.2, 0) is 11.2 Å². The number of carbonyl (C=O) groups excluding carboxylic acids is 1. The van der Waals surface area contributed by atoms with Crippen LogP contribution in [0.15, 0.2) is 58.1 Å². The minimum Gasteiger partial charge on any atom is -0.489 e. The molecule has 0 spiro atoms. The number of carbonyl (C=O) groups is 1. The van der Waals surface area contributed by atoms with Gasteiger partial charge in [0.1, 0.15) is 5.56 Å². The number of ether oxygens (including phenoxy) is 3. The monoisotopic (exact) mass is 568 g/mol. The first-order chi connectivity index (χ1) is 17.8. The molecule has 0 bridgehead atoms. The lowest BCUT2D eigenvalue weighted by Gasteiger charge is -2.40. The number of aromatic nitrogens is 1. The summed E-state index contributed by atoms with van der Waals surface area (Å²) in [5.41, 5.74) is 1.71. The molecule has 1 aromatic carbocycles. The first-order valence-electron chi connectivity index (χ1n) is 12.9. The van der Waals surface area contributed by atoms with Crippen molar-refractivity contribution >= 4 is 21.9 Å². The summed E-state index contributed by atoms with van der Waals surface area (Å²) in [7, 11) is 0. The van der Waals surface area contributed by atoms with Crippen molar-refractivity contribution in [2.24, 2.45) is 5.92 Å². The van der Waals surface area contributed by atoms with E-state index in [0.29, 0.717) is 19.1 Å². The Hall–Kier alpha value is -3.00. The second kappa shape index (κ2) is 10.4. The van der Waals surface area contributed by atoms with Crippen molar-refractivity contribution < 1.29 is 19.0 Å². The van der Waals surface area contributed by atoms with Gasteiger partial charge in [-0.1, -0.05) is 40.2 Å². The second-order valence-electron chi connectivity index (χ2n) is 10.3. The van der Waals surface area contributed by atoms with Gasteiger partial charge in [-0.15, -0.1) is 0 Å². The highest BCUT2D eigenvalue weighted by Crippen LogP contribution is 2.49. The molecule has 0 amide bonds. The van der Waals surface area contributed by atoms with Gasteiger partial charge in [0.2, 0.25) is 0 Å². The Balaban J connectivity index is 1.53. The van der Waals surface area contributed by atoms with E-state index < -0.39 is 5.97 Å². The van der Waals surface area contributed by atoms with Crippen LogP contribution < -0.4 is 19.9 Å². The number of fused-ring (bicyclic) bond motifs is 1. The first-order valence-corrected chi connectivity index (χ1v) is 13.7. The van der Waals surface area contributed by atoms with Gasteiger partial charge in [0.15, 0.2) is 16.9 Å². The minimum absolute atomic E-state index is 0.00678. The zero-order valence-corrected chi connectivity index (χ0v) is 23.1. The van der Waals surface area contributed by atoms with Gasteiger partial charge in [0, 0.05) is 40.8 Å². The molecular formula is C29H33BrN2O5. The number of esters is 1. The van der Waals surface area contributed by atoms with E-state index in [1.54, 1.807) is 19.3 Å². The highest BCUT2D eigenvalue weighted by molar-refractivity contribution is 9.10. The summed E-state index contributed by atoms with van der Waals surface area (Å²) in [5.74, 6) is 1.32. The topological polar surface area (TPSA) is 70.0 Å². The standard InChI is InChI=1S/C29H33BrN2O5/c1-4-35-28(34)22-17-31(14-11-24(22)33)32-23(10-13-29(32,2)3)21-16-25(27-20(26(21)30)12-15-36-27)37-18-19-8-6-5-7-9-19/h5-8,11,14,16-17,19,23H,4,9-10,12-13,15,18H2,1-3H3. The van der Waals surface area contributed by atoms with E-state index in [9.17, 15) is 9.59 Å². The van der Waals surface area contributed by atoms with Crippen LogP contribution in [0.5, 0.6) is 11.5 Å². The smallest absolute Gasteiger partial charge is 0.343 e. The molecule has 1 saturated heterocycles. The molecule has 0 radical (unpaired) electrons. The van der Waals surface area contributed by atoms with Crippen LogP contribution in [0.25, 0.3) is 0 Å². The van der Waals surface area contributed by atoms with Crippen LogP contribution >= 0.6 is 15.9 Å². The van der Waals surface area contributed by atoms with Gasteiger partial charge in [-0.25, -0.2) is 4.79 Å².